The van der Waals surface area contributed by atoms with Crippen LogP contribution in [-0.2, 0) is 19.1 Å². The Hall–Kier alpha value is -1.32. The van der Waals surface area contributed by atoms with Gasteiger partial charge in [-0.3, -0.25) is 0 Å². The third kappa shape index (κ3) is 5.52. The molecule has 0 spiro atoms. The van der Waals surface area contributed by atoms with Crippen molar-refractivity contribution in [2.24, 2.45) is 11.8 Å². The largest absolute Gasteiger partial charge is 0.457 e. The van der Waals surface area contributed by atoms with Gasteiger partial charge in [-0.15, -0.1) is 0 Å². The zero-order valence-electron chi connectivity index (χ0n) is 13.7. The zero-order chi connectivity index (χ0) is 16.0. The molecule has 0 N–H and O–H groups in total. The van der Waals surface area contributed by atoms with E-state index in [2.05, 4.69) is 6.58 Å². The first kappa shape index (κ1) is 17.7. The Morgan fingerprint density at radius 1 is 1.19 bits per heavy atom. The fourth-order valence-corrected chi connectivity index (χ4v) is 2.66. The van der Waals surface area contributed by atoms with Crippen molar-refractivity contribution in [3.63, 3.8) is 0 Å². The number of esters is 2. The average molecular weight is 296 g/mol. The van der Waals surface area contributed by atoms with Crippen molar-refractivity contribution in [2.45, 2.75) is 65.4 Å². The van der Waals surface area contributed by atoms with Gasteiger partial charge in [-0.1, -0.05) is 39.7 Å². The first-order chi connectivity index (χ1) is 9.74. The van der Waals surface area contributed by atoms with Gasteiger partial charge in [-0.2, -0.15) is 0 Å². The van der Waals surface area contributed by atoms with Gasteiger partial charge in [-0.25, -0.2) is 9.59 Å². The molecule has 1 aliphatic carbocycles. The minimum absolute atomic E-state index is 0.00667. The fraction of sp³-hybridized carbons (Fsp3) is 0.765. The topological polar surface area (TPSA) is 52.6 Å². The summed E-state index contributed by atoms with van der Waals surface area (Å²) in [6, 6.07) is 0. The van der Waals surface area contributed by atoms with Gasteiger partial charge >= 0.3 is 11.9 Å². The lowest BCUT2D eigenvalue weighted by molar-refractivity contribution is -0.171. The summed E-state index contributed by atoms with van der Waals surface area (Å²) in [7, 11) is 0. The highest BCUT2D eigenvalue weighted by atomic mass is 16.6. The molecule has 120 valence electrons. The molecule has 0 amide bonds. The van der Waals surface area contributed by atoms with Crippen LogP contribution in [0.5, 0.6) is 0 Å². The van der Waals surface area contributed by atoms with Gasteiger partial charge in [0.1, 0.15) is 5.60 Å². The first-order valence-corrected chi connectivity index (χ1v) is 7.81. The van der Waals surface area contributed by atoms with Crippen molar-refractivity contribution in [2.75, 3.05) is 6.61 Å². The van der Waals surface area contributed by atoms with Crippen LogP contribution in [0.25, 0.3) is 0 Å². The van der Waals surface area contributed by atoms with Gasteiger partial charge in [0.2, 0.25) is 0 Å². The molecular formula is C17H28O4. The van der Waals surface area contributed by atoms with E-state index in [4.69, 9.17) is 9.47 Å². The monoisotopic (exact) mass is 296 g/mol. The summed E-state index contributed by atoms with van der Waals surface area (Å²) in [5, 5.41) is 0. The molecule has 0 heterocycles. The number of carbonyl (C=O) groups is 2. The minimum Gasteiger partial charge on any atom is -0.457 e. The Morgan fingerprint density at radius 2 is 1.76 bits per heavy atom. The van der Waals surface area contributed by atoms with Crippen LogP contribution in [0.2, 0.25) is 0 Å². The van der Waals surface area contributed by atoms with E-state index in [1.165, 1.54) is 19.3 Å². The maximum atomic E-state index is 11.9. The van der Waals surface area contributed by atoms with E-state index in [-0.39, 0.29) is 12.5 Å². The third-order valence-electron chi connectivity index (χ3n) is 4.25. The molecule has 0 aliphatic heterocycles. The molecule has 1 saturated carbocycles. The smallest absolute Gasteiger partial charge is 0.344 e. The molecule has 21 heavy (non-hydrogen) atoms. The van der Waals surface area contributed by atoms with Gasteiger partial charge in [0.05, 0.1) is 0 Å². The molecule has 0 aromatic carbocycles. The van der Waals surface area contributed by atoms with Crippen LogP contribution in [0, 0.1) is 11.8 Å². The molecule has 0 unspecified atom stereocenters. The maximum Gasteiger partial charge on any atom is 0.344 e. The van der Waals surface area contributed by atoms with Gasteiger partial charge < -0.3 is 9.47 Å². The number of hydrogen-bond acceptors (Lipinski definition) is 4. The van der Waals surface area contributed by atoms with E-state index in [9.17, 15) is 9.59 Å². The molecule has 1 aliphatic rings. The van der Waals surface area contributed by atoms with Crippen LogP contribution >= 0.6 is 0 Å². The summed E-state index contributed by atoms with van der Waals surface area (Å²) < 4.78 is 10.5. The lowest BCUT2D eigenvalue weighted by Crippen LogP contribution is -2.39. The molecule has 1 rings (SSSR count). The van der Waals surface area contributed by atoms with Crippen molar-refractivity contribution in [3.05, 3.63) is 12.2 Å². The molecule has 0 aromatic rings. The predicted octanol–water partition coefficient (Wildman–Crippen LogP) is 3.64. The summed E-state index contributed by atoms with van der Waals surface area (Å²) in [5.41, 5.74) is -0.131. The zero-order valence-corrected chi connectivity index (χ0v) is 13.7. The summed E-state index contributed by atoms with van der Waals surface area (Å²) in [4.78, 5) is 23.5. The second kappa shape index (κ2) is 7.62. The number of rotatable bonds is 6. The van der Waals surface area contributed by atoms with Gasteiger partial charge in [0.25, 0.3) is 0 Å². The van der Waals surface area contributed by atoms with Gasteiger partial charge in [0, 0.05) is 5.57 Å². The number of carbonyl (C=O) groups excluding carboxylic acids is 2. The Morgan fingerprint density at radius 3 is 2.29 bits per heavy atom. The van der Waals surface area contributed by atoms with Crippen molar-refractivity contribution in [1.82, 2.24) is 0 Å². The molecule has 0 radical (unpaired) electrons. The summed E-state index contributed by atoms with van der Waals surface area (Å²) in [6.07, 6.45) is 5.81. The highest BCUT2D eigenvalue weighted by Crippen LogP contribution is 2.34. The second-order valence-electron chi connectivity index (χ2n) is 6.67. The lowest BCUT2D eigenvalue weighted by Gasteiger charge is -2.36. The number of ether oxygens (including phenoxy) is 2. The quantitative estimate of drug-likeness (QED) is 0.554. The molecule has 0 saturated heterocycles. The lowest BCUT2D eigenvalue weighted by atomic mass is 9.79. The molecule has 0 atom stereocenters. The predicted molar refractivity (Wildman–Crippen MR) is 81.7 cm³/mol. The van der Waals surface area contributed by atoms with Crippen molar-refractivity contribution in [1.29, 1.82) is 0 Å². The van der Waals surface area contributed by atoms with Crippen molar-refractivity contribution in [3.8, 4) is 0 Å². The Balaban J connectivity index is 2.42. The highest BCUT2D eigenvalue weighted by Gasteiger charge is 2.34. The molecule has 4 heteroatoms. The van der Waals surface area contributed by atoms with Crippen LogP contribution in [-0.4, -0.2) is 24.1 Å². The first-order valence-electron chi connectivity index (χ1n) is 7.81. The van der Waals surface area contributed by atoms with E-state index in [0.717, 1.165) is 12.8 Å². The summed E-state index contributed by atoms with van der Waals surface area (Å²) >= 11 is 0. The van der Waals surface area contributed by atoms with Crippen molar-refractivity contribution < 1.29 is 19.1 Å². The van der Waals surface area contributed by atoms with Crippen LogP contribution in [0.15, 0.2) is 12.2 Å². The van der Waals surface area contributed by atoms with E-state index < -0.39 is 17.5 Å². The summed E-state index contributed by atoms with van der Waals surface area (Å²) in [6.45, 7) is 10.9. The van der Waals surface area contributed by atoms with E-state index in [1.807, 2.05) is 27.7 Å². The Labute approximate surface area is 127 Å². The molecule has 0 bridgehead atoms. The third-order valence-corrected chi connectivity index (χ3v) is 4.25. The number of hydrogen-bond donors (Lipinski definition) is 0. The van der Waals surface area contributed by atoms with Crippen LogP contribution in [0.4, 0.5) is 0 Å². The molecule has 0 aromatic heterocycles. The highest BCUT2D eigenvalue weighted by molar-refractivity contribution is 5.89. The normalized spacial score (nSPS) is 16.6. The van der Waals surface area contributed by atoms with Gasteiger partial charge in [-0.05, 0) is 38.5 Å². The Kier molecular flexibility index (Phi) is 6.43. The van der Waals surface area contributed by atoms with Crippen LogP contribution in [0.3, 0.4) is 0 Å². The van der Waals surface area contributed by atoms with E-state index in [0.29, 0.717) is 11.5 Å². The van der Waals surface area contributed by atoms with Gasteiger partial charge in [0.15, 0.2) is 6.61 Å². The fourth-order valence-electron chi connectivity index (χ4n) is 2.66. The average Bonchev–Trinajstić information content (AvgIpc) is 2.44. The van der Waals surface area contributed by atoms with Crippen LogP contribution in [0.1, 0.15) is 59.8 Å². The van der Waals surface area contributed by atoms with Crippen molar-refractivity contribution >= 4 is 11.9 Å². The molecular weight excluding hydrogens is 268 g/mol. The van der Waals surface area contributed by atoms with E-state index in [1.54, 1.807) is 0 Å². The second-order valence-corrected chi connectivity index (χ2v) is 6.67. The van der Waals surface area contributed by atoms with E-state index >= 15 is 0 Å². The van der Waals surface area contributed by atoms with Crippen LogP contribution < -0.4 is 0 Å². The standard InChI is InChI=1S/C17H28O4/c1-12(2)13(3)16(19)20-11-15(18)21-17(4,5)14-9-7-6-8-10-14/h12,14H,3,6-11H2,1-2,4-5H3. The molecule has 1 fully saturated rings. The minimum atomic E-state index is -0.530. The molecule has 4 nitrogen and oxygen atoms in total. The Bertz CT molecular complexity index is 390. The SMILES string of the molecule is C=C(C(=O)OCC(=O)OC(C)(C)C1CCCCC1)C(C)C. The maximum absolute atomic E-state index is 11.9. The summed E-state index contributed by atoms with van der Waals surface area (Å²) in [5.74, 6) is -0.628.